The normalized spacial score (nSPS) is 17.0. The Hall–Kier alpha value is -3.84. The molecule has 1 aliphatic heterocycles. The SMILES string of the molecule is COc1cc(/C(O)=C2/C(=O)C(=O)N(Cc3ccccn3)C2c2cccc(OCC(C)C)c2)ccc1Cl. The van der Waals surface area contributed by atoms with Crippen molar-refractivity contribution in [1.29, 1.82) is 0 Å². The molecule has 1 fully saturated rings. The highest BCUT2D eigenvalue weighted by Crippen LogP contribution is 2.41. The second-order valence-electron chi connectivity index (χ2n) is 8.87. The number of ether oxygens (including phenoxy) is 2. The molecule has 0 saturated carbocycles. The van der Waals surface area contributed by atoms with E-state index in [1.54, 1.807) is 48.7 Å². The largest absolute Gasteiger partial charge is 0.507 e. The van der Waals surface area contributed by atoms with Crippen molar-refractivity contribution in [3.05, 3.63) is 94.3 Å². The van der Waals surface area contributed by atoms with Gasteiger partial charge in [-0.15, -0.1) is 0 Å². The molecule has 7 nitrogen and oxygen atoms in total. The number of halogens is 1. The first-order valence-corrected chi connectivity index (χ1v) is 11.9. The maximum absolute atomic E-state index is 13.3. The van der Waals surface area contributed by atoms with Crippen molar-refractivity contribution >= 4 is 29.1 Å². The topological polar surface area (TPSA) is 89.0 Å². The molecule has 0 spiro atoms. The van der Waals surface area contributed by atoms with Gasteiger partial charge in [-0.3, -0.25) is 14.6 Å². The van der Waals surface area contributed by atoms with Crippen LogP contribution in [-0.4, -0.2) is 40.4 Å². The highest BCUT2D eigenvalue weighted by Gasteiger charge is 2.46. The number of carbonyl (C=O) groups is 2. The molecule has 4 rings (SSSR count). The lowest BCUT2D eigenvalue weighted by Gasteiger charge is -2.25. The number of rotatable bonds is 8. The van der Waals surface area contributed by atoms with Crippen LogP contribution in [0.15, 0.2) is 72.4 Å². The number of hydrogen-bond donors (Lipinski definition) is 1. The van der Waals surface area contributed by atoms with Gasteiger partial charge >= 0.3 is 0 Å². The summed E-state index contributed by atoms with van der Waals surface area (Å²) in [6, 6.07) is 16.4. The number of likely N-dealkylation sites (tertiary alicyclic amines) is 1. The summed E-state index contributed by atoms with van der Waals surface area (Å²) in [6.07, 6.45) is 1.63. The first kappa shape index (κ1) is 25.3. The molecule has 1 unspecified atom stereocenters. The first-order chi connectivity index (χ1) is 17.3. The van der Waals surface area contributed by atoms with Gasteiger partial charge in [-0.25, -0.2) is 0 Å². The molecule has 8 heteroatoms. The van der Waals surface area contributed by atoms with Gasteiger partial charge in [-0.05, 0) is 53.9 Å². The van der Waals surface area contributed by atoms with Gasteiger partial charge < -0.3 is 19.5 Å². The fraction of sp³-hybridized carbons (Fsp3) is 0.250. The summed E-state index contributed by atoms with van der Waals surface area (Å²) in [5, 5.41) is 11.7. The molecule has 1 aromatic heterocycles. The third-order valence-corrected chi connectivity index (χ3v) is 6.09. The van der Waals surface area contributed by atoms with E-state index in [-0.39, 0.29) is 17.9 Å². The van der Waals surface area contributed by atoms with Crippen LogP contribution in [0.25, 0.3) is 5.76 Å². The highest BCUT2D eigenvalue weighted by molar-refractivity contribution is 6.46. The number of aliphatic hydroxyl groups is 1. The average molecular weight is 507 g/mol. The quantitative estimate of drug-likeness (QED) is 0.250. The van der Waals surface area contributed by atoms with E-state index in [1.165, 1.54) is 18.1 Å². The van der Waals surface area contributed by atoms with Crippen LogP contribution < -0.4 is 9.47 Å². The summed E-state index contributed by atoms with van der Waals surface area (Å²) in [5.74, 6) is -0.548. The van der Waals surface area contributed by atoms with Gasteiger partial charge in [0, 0.05) is 11.8 Å². The van der Waals surface area contributed by atoms with E-state index < -0.39 is 17.7 Å². The molecule has 186 valence electrons. The number of ketones is 1. The molecular weight excluding hydrogens is 480 g/mol. The van der Waals surface area contributed by atoms with Crippen LogP contribution in [0.1, 0.15) is 36.7 Å². The monoisotopic (exact) mass is 506 g/mol. The van der Waals surface area contributed by atoms with Crippen molar-refractivity contribution in [2.75, 3.05) is 13.7 Å². The number of benzene rings is 2. The summed E-state index contributed by atoms with van der Waals surface area (Å²) in [4.78, 5) is 32.3. The van der Waals surface area contributed by atoms with Crippen LogP contribution >= 0.6 is 11.6 Å². The van der Waals surface area contributed by atoms with Crippen LogP contribution in [0.5, 0.6) is 11.5 Å². The van der Waals surface area contributed by atoms with E-state index in [0.717, 1.165) is 0 Å². The van der Waals surface area contributed by atoms with Gasteiger partial charge in [0.25, 0.3) is 11.7 Å². The van der Waals surface area contributed by atoms with Crippen molar-refractivity contribution < 1.29 is 24.2 Å². The summed E-state index contributed by atoms with van der Waals surface area (Å²) >= 11 is 6.15. The maximum atomic E-state index is 13.3. The second kappa shape index (κ2) is 10.8. The lowest BCUT2D eigenvalue weighted by Crippen LogP contribution is -2.29. The maximum Gasteiger partial charge on any atom is 0.296 e. The fourth-order valence-corrected chi connectivity index (χ4v) is 4.25. The molecule has 0 bridgehead atoms. The lowest BCUT2D eigenvalue weighted by atomic mass is 9.95. The highest BCUT2D eigenvalue weighted by atomic mass is 35.5. The standard InChI is InChI=1S/C28H27ClN2O5/c1-17(2)16-36-21-9-6-7-18(13-21)25-24(26(32)19-10-11-22(29)23(14-19)35-3)27(33)28(34)31(25)15-20-8-4-5-12-30-20/h4-14,17,25,32H,15-16H2,1-3H3/b26-24-. The molecule has 1 N–H and O–H groups in total. The van der Waals surface area contributed by atoms with Crippen molar-refractivity contribution in [3.8, 4) is 11.5 Å². The minimum atomic E-state index is -0.851. The number of Topliss-reactive ketones (excluding diaryl/α,β-unsaturated/α-hetero) is 1. The summed E-state index contributed by atoms with van der Waals surface area (Å²) in [6.45, 7) is 4.70. The summed E-state index contributed by atoms with van der Waals surface area (Å²) in [7, 11) is 1.46. The molecule has 0 radical (unpaired) electrons. The van der Waals surface area contributed by atoms with E-state index in [9.17, 15) is 14.7 Å². The van der Waals surface area contributed by atoms with Gasteiger partial charge in [0.2, 0.25) is 0 Å². The Labute approximate surface area is 214 Å². The van der Waals surface area contributed by atoms with Crippen molar-refractivity contribution in [2.24, 2.45) is 5.92 Å². The third kappa shape index (κ3) is 5.21. The van der Waals surface area contributed by atoms with E-state index in [4.69, 9.17) is 21.1 Å². The minimum absolute atomic E-state index is 0.0266. The Kier molecular flexibility index (Phi) is 7.60. The minimum Gasteiger partial charge on any atom is -0.507 e. The Morgan fingerprint density at radius 3 is 2.61 bits per heavy atom. The molecule has 1 saturated heterocycles. The Morgan fingerprint density at radius 1 is 1.11 bits per heavy atom. The number of pyridine rings is 1. The van der Waals surface area contributed by atoms with Crippen LogP contribution in [-0.2, 0) is 16.1 Å². The van der Waals surface area contributed by atoms with Gasteiger partial charge in [-0.2, -0.15) is 0 Å². The third-order valence-electron chi connectivity index (χ3n) is 5.78. The van der Waals surface area contributed by atoms with Crippen LogP contribution in [0, 0.1) is 5.92 Å². The van der Waals surface area contributed by atoms with Gasteiger partial charge in [0.1, 0.15) is 17.3 Å². The van der Waals surface area contributed by atoms with Crippen LogP contribution in [0.4, 0.5) is 0 Å². The number of methoxy groups -OCH3 is 1. The molecule has 1 aliphatic rings. The van der Waals surface area contributed by atoms with Crippen LogP contribution in [0.2, 0.25) is 5.02 Å². The predicted molar refractivity (Wildman–Crippen MR) is 137 cm³/mol. The molecule has 36 heavy (non-hydrogen) atoms. The number of amides is 1. The lowest BCUT2D eigenvalue weighted by molar-refractivity contribution is -0.140. The van der Waals surface area contributed by atoms with Crippen molar-refractivity contribution in [1.82, 2.24) is 9.88 Å². The molecule has 2 aromatic carbocycles. The van der Waals surface area contributed by atoms with Gasteiger partial charge in [-0.1, -0.05) is 43.6 Å². The number of carbonyl (C=O) groups excluding carboxylic acids is 2. The average Bonchev–Trinajstić information content (AvgIpc) is 3.13. The Bertz CT molecular complexity index is 1310. The van der Waals surface area contributed by atoms with Gasteiger partial charge in [0.05, 0.1) is 42.6 Å². The predicted octanol–water partition coefficient (Wildman–Crippen LogP) is 5.40. The van der Waals surface area contributed by atoms with E-state index in [0.29, 0.717) is 45.9 Å². The van der Waals surface area contributed by atoms with E-state index in [1.807, 2.05) is 26.0 Å². The first-order valence-electron chi connectivity index (χ1n) is 11.5. The summed E-state index contributed by atoms with van der Waals surface area (Å²) < 4.78 is 11.2. The number of nitrogens with zero attached hydrogens (tertiary/aromatic N) is 2. The fourth-order valence-electron chi connectivity index (χ4n) is 4.06. The smallest absolute Gasteiger partial charge is 0.296 e. The molecule has 2 heterocycles. The van der Waals surface area contributed by atoms with Gasteiger partial charge in [0.15, 0.2) is 0 Å². The number of hydrogen-bond acceptors (Lipinski definition) is 6. The Morgan fingerprint density at radius 2 is 1.92 bits per heavy atom. The molecule has 0 aliphatic carbocycles. The summed E-state index contributed by atoms with van der Waals surface area (Å²) in [5.41, 5.74) is 1.53. The van der Waals surface area contributed by atoms with Crippen molar-refractivity contribution in [3.63, 3.8) is 0 Å². The molecule has 1 amide bonds. The second-order valence-corrected chi connectivity index (χ2v) is 9.28. The van der Waals surface area contributed by atoms with E-state index >= 15 is 0 Å². The van der Waals surface area contributed by atoms with Crippen molar-refractivity contribution in [2.45, 2.75) is 26.4 Å². The van der Waals surface area contributed by atoms with E-state index in [2.05, 4.69) is 4.98 Å². The number of aliphatic hydroxyl groups excluding tert-OH is 1. The molecule has 1 atom stereocenters. The zero-order valence-electron chi connectivity index (χ0n) is 20.3. The zero-order chi connectivity index (χ0) is 25.8. The zero-order valence-corrected chi connectivity index (χ0v) is 21.0. The van der Waals surface area contributed by atoms with Crippen LogP contribution in [0.3, 0.4) is 0 Å². The molecule has 3 aromatic rings. The Balaban J connectivity index is 1.85. The number of aromatic nitrogens is 1. The molecular formula is C28H27ClN2O5.